The van der Waals surface area contributed by atoms with Crippen LogP contribution < -0.4 is 4.74 Å². The van der Waals surface area contributed by atoms with Gasteiger partial charge in [-0.1, -0.05) is 5.16 Å². The summed E-state index contributed by atoms with van der Waals surface area (Å²) < 4.78 is 43.1. The van der Waals surface area contributed by atoms with Crippen molar-refractivity contribution in [3.8, 4) is 5.75 Å². The van der Waals surface area contributed by atoms with Crippen LogP contribution in [0.1, 0.15) is 37.5 Å². The molecule has 1 saturated heterocycles. The summed E-state index contributed by atoms with van der Waals surface area (Å²) in [5.41, 5.74) is 1.85. The van der Waals surface area contributed by atoms with Crippen LogP contribution in [0.5, 0.6) is 5.75 Å². The summed E-state index contributed by atoms with van der Waals surface area (Å²) in [6, 6.07) is 7.75. The smallest absolute Gasteiger partial charge is 0.254 e. The number of benzene rings is 2. The summed E-state index contributed by atoms with van der Waals surface area (Å²) in [7, 11) is 0. The van der Waals surface area contributed by atoms with Crippen molar-refractivity contribution < 1.29 is 32.4 Å². The van der Waals surface area contributed by atoms with Gasteiger partial charge in [-0.3, -0.25) is 9.59 Å². The van der Waals surface area contributed by atoms with Crippen LogP contribution in [0.2, 0.25) is 0 Å². The van der Waals surface area contributed by atoms with Crippen molar-refractivity contribution in [2.75, 3.05) is 26.3 Å². The van der Waals surface area contributed by atoms with Gasteiger partial charge in [0.2, 0.25) is 0 Å². The number of hydrogen-bond donors (Lipinski definition) is 0. The van der Waals surface area contributed by atoms with E-state index in [1.54, 1.807) is 17.9 Å². The molecule has 0 spiro atoms. The largest absolute Gasteiger partial charge is 0.488 e. The number of carbonyl (C=O) groups is 2. The molecule has 7 nitrogen and oxygen atoms in total. The van der Waals surface area contributed by atoms with Crippen molar-refractivity contribution in [1.29, 1.82) is 0 Å². The number of amides is 1. The summed E-state index contributed by atoms with van der Waals surface area (Å²) >= 11 is 0. The van der Waals surface area contributed by atoms with Crippen molar-refractivity contribution in [1.82, 2.24) is 10.1 Å². The first kappa shape index (κ1) is 22.6. The van der Waals surface area contributed by atoms with Crippen molar-refractivity contribution in [3.63, 3.8) is 0 Å². The number of carbonyl (C=O) groups excluding carboxylic acids is 2. The highest BCUT2D eigenvalue weighted by Crippen LogP contribution is 2.25. The van der Waals surface area contributed by atoms with Gasteiger partial charge in [-0.25, -0.2) is 8.78 Å². The molecular weight excluding hydrogens is 434 g/mol. The van der Waals surface area contributed by atoms with Gasteiger partial charge >= 0.3 is 0 Å². The van der Waals surface area contributed by atoms with Crippen molar-refractivity contribution >= 4 is 11.7 Å². The Labute approximate surface area is 188 Å². The highest BCUT2D eigenvalue weighted by molar-refractivity contribution is 6.03. The van der Waals surface area contributed by atoms with Crippen molar-refractivity contribution in [3.05, 3.63) is 82.2 Å². The predicted octanol–water partition coefficient (Wildman–Crippen LogP) is 3.74. The molecule has 2 aromatic carbocycles. The Bertz CT molecular complexity index is 1170. The van der Waals surface area contributed by atoms with Crippen LogP contribution in [0.3, 0.4) is 0 Å². The first-order valence-electron chi connectivity index (χ1n) is 10.4. The Morgan fingerprint density at radius 3 is 2.58 bits per heavy atom. The normalized spacial score (nSPS) is 13.7. The second kappa shape index (κ2) is 9.91. The third kappa shape index (κ3) is 5.25. The molecule has 1 aliphatic rings. The number of hydrogen-bond acceptors (Lipinski definition) is 6. The second-order valence-electron chi connectivity index (χ2n) is 7.67. The summed E-state index contributed by atoms with van der Waals surface area (Å²) in [6.45, 7) is 3.34. The quantitative estimate of drug-likeness (QED) is 0.504. The molecule has 1 aliphatic heterocycles. The van der Waals surface area contributed by atoms with Gasteiger partial charge < -0.3 is 18.9 Å². The van der Waals surface area contributed by atoms with E-state index in [9.17, 15) is 18.4 Å². The molecule has 0 unspecified atom stereocenters. The minimum atomic E-state index is -0.748. The molecule has 0 atom stereocenters. The van der Waals surface area contributed by atoms with Crippen LogP contribution in [0.4, 0.5) is 8.78 Å². The summed E-state index contributed by atoms with van der Waals surface area (Å²) in [6.07, 6.45) is 1.39. The van der Waals surface area contributed by atoms with Crippen LogP contribution in [0.15, 0.2) is 47.2 Å². The lowest BCUT2D eigenvalue weighted by molar-refractivity contribution is 0.0303. The molecule has 3 aromatic rings. The lowest BCUT2D eigenvalue weighted by Crippen LogP contribution is -2.40. The van der Waals surface area contributed by atoms with E-state index < -0.39 is 11.6 Å². The lowest BCUT2D eigenvalue weighted by atomic mass is 10.00. The fraction of sp³-hybridized carbons (Fsp3) is 0.292. The fourth-order valence-corrected chi connectivity index (χ4v) is 3.50. The van der Waals surface area contributed by atoms with E-state index in [4.69, 9.17) is 14.0 Å². The van der Waals surface area contributed by atoms with Gasteiger partial charge in [-0.05, 0) is 37.3 Å². The Kier molecular flexibility index (Phi) is 6.79. The SMILES string of the molecule is Cc1nocc1CC(=O)c1cc(C(=O)N2CCOCC2)ccc1OCc1ccc(F)cc1F. The van der Waals surface area contributed by atoms with E-state index in [-0.39, 0.29) is 41.6 Å². The Morgan fingerprint density at radius 2 is 1.88 bits per heavy atom. The van der Waals surface area contributed by atoms with Gasteiger partial charge in [-0.15, -0.1) is 0 Å². The van der Waals surface area contributed by atoms with Crippen LogP contribution in [-0.2, 0) is 17.8 Å². The molecule has 33 heavy (non-hydrogen) atoms. The molecule has 0 N–H and O–H groups in total. The van der Waals surface area contributed by atoms with Gasteiger partial charge in [0.25, 0.3) is 5.91 Å². The standard InChI is InChI=1S/C24H22F2N2O5/c1-15-18(14-33-27-15)11-22(29)20-10-16(24(30)28-6-8-31-9-7-28)3-5-23(20)32-13-17-2-4-19(25)12-21(17)26/h2-5,10,12,14H,6-9,11,13H2,1H3. The number of ketones is 1. The predicted molar refractivity (Wildman–Crippen MR) is 113 cm³/mol. The summed E-state index contributed by atoms with van der Waals surface area (Å²) in [5.74, 6) is -1.78. The maximum Gasteiger partial charge on any atom is 0.254 e. The highest BCUT2D eigenvalue weighted by atomic mass is 19.1. The molecule has 9 heteroatoms. The number of ether oxygens (including phenoxy) is 2. The minimum absolute atomic E-state index is 0.00813. The zero-order valence-corrected chi connectivity index (χ0v) is 18.0. The van der Waals surface area contributed by atoms with E-state index in [1.165, 1.54) is 24.5 Å². The molecule has 4 rings (SSSR count). The molecule has 0 bridgehead atoms. The third-order valence-corrected chi connectivity index (χ3v) is 5.42. The maximum absolute atomic E-state index is 14.0. The Hall–Kier alpha value is -3.59. The van der Waals surface area contributed by atoms with E-state index in [0.717, 1.165) is 12.1 Å². The Morgan fingerprint density at radius 1 is 1.09 bits per heavy atom. The number of halogens is 2. The number of aromatic nitrogens is 1. The van der Waals surface area contributed by atoms with Crippen LogP contribution in [-0.4, -0.2) is 48.1 Å². The topological polar surface area (TPSA) is 81.9 Å². The molecule has 0 saturated carbocycles. The second-order valence-corrected chi connectivity index (χ2v) is 7.67. The lowest BCUT2D eigenvalue weighted by Gasteiger charge is -2.27. The van der Waals surface area contributed by atoms with Crippen LogP contribution >= 0.6 is 0 Å². The highest BCUT2D eigenvalue weighted by Gasteiger charge is 2.23. The van der Waals surface area contributed by atoms with Crippen molar-refractivity contribution in [2.24, 2.45) is 0 Å². The Balaban J connectivity index is 1.61. The van der Waals surface area contributed by atoms with Crippen molar-refractivity contribution in [2.45, 2.75) is 20.0 Å². The summed E-state index contributed by atoms with van der Waals surface area (Å²) in [5, 5.41) is 3.78. The molecule has 0 radical (unpaired) electrons. The number of aryl methyl sites for hydroxylation is 1. The van der Waals surface area contributed by atoms with Gasteiger partial charge in [0.15, 0.2) is 5.78 Å². The number of nitrogens with zero attached hydrogens (tertiary/aromatic N) is 2. The zero-order valence-electron chi connectivity index (χ0n) is 18.0. The fourth-order valence-electron chi connectivity index (χ4n) is 3.50. The minimum Gasteiger partial charge on any atom is -0.488 e. The molecular formula is C24H22F2N2O5. The maximum atomic E-state index is 14.0. The molecule has 172 valence electrons. The number of morpholine rings is 1. The van der Waals surface area contributed by atoms with Gasteiger partial charge in [0, 0.05) is 42.3 Å². The monoisotopic (exact) mass is 456 g/mol. The first-order valence-corrected chi connectivity index (χ1v) is 10.4. The van der Waals surface area contributed by atoms with Crippen LogP contribution in [0, 0.1) is 18.6 Å². The van der Waals surface area contributed by atoms with E-state index in [0.29, 0.717) is 43.1 Å². The zero-order chi connectivity index (χ0) is 23.4. The average Bonchev–Trinajstić information content (AvgIpc) is 3.22. The first-order chi connectivity index (χ1) is 15.9. The molecule has 1 aromatic heterocycles. The van der Waals surface area contributed by atoms with E-state index >= 15 is 0 Å². The average molecular weight is 456 g/mol. The van der Waals surface area contributed by atoms with Gasteiger partial charge in [-0.2, -0.15) is 0 Å². The number of Topliss-reactive ketones (excluding diaryl/α,β-unsaturated/α-hetero) is 1. The number of rotatable bonds is 7. The van der Waals surface area contributed by atoms with E-state index in [2.05, 4.69) is 5.16 Å². The molecule has 2 heterocycles. The third-order valence-electron chi connectivity index (χ3n) is 5.42. The van der Waals surface area contributed by atoms with Gasteiger partial charge in [0.1, 0.15) is 30.3 Å². The molecule has 0 aliphatic carbocycles. The van der Waals surface area contributed by atoms with Crippen LogP contribution in [0.25, 0.3) is 0 Å². The van der Waals surface area contributed by atoms with E-state index in [1.807, 2.05) is 0 Å². The van der Waals surface area contributed by atoms with Gasteiger partial charge in [0.05, 0.1) is 24.5 Å². The molecule has 1 amide bonds. The molecule has 1 fully saturated rings. The summed E-state index contributed by atoms with van der Waals surface area (Å²) in [4.78, 5) is 27.7.